The number of aromatic nitrogens is 1. The highest BCUT2D eigenvalue weighted by Crippen LogP contribution is 2.20. The molecule has 1 aliphatic rings. The lowest BCUT2D eigenvalue weighted by molar-refractivity contribution is -0.114. The SMILES string of the molecule is O=C1C=C(Cc2ccc3ccccc3n2)CCCC1. The van der Waals surface area contributed by atoms with E-state index < -0.39 is 0 Å². The third-order valence-electron chi connectivity index (χ3n) is 3.60. The maximum absolute atomic E-state index is 11.6. The van der Waals surface area contributed by atoms with Crippen LogP contribution in [0.15, 0.2) is 48.0 Å². The zero-order chi connectivity index (χ0) is 13.1. The first-order valence-electron chi connectivity index (χ1n) is 6.88. The topological polar surface area (TPSA) is 30.0 Å². The Morgan fingerprint density at radius 2 is 1.84 bits per heavy atom. The molecule has 0 aliphatic heterocycles. The highest BCUT2D eigenvalue weighted by molar-refractivity contribution is 5.90. The number of carbonyl (C=O) groups excluding carboxylic acids is 1. The van der Waals surface area contributed by atoms with Gasteiger partial charge in [0, 0.05) is 23.9 Å². The average Bonchev–Trinajstić information content (AvgIpc) is 2.63. The zero-order valence-corrected chi connectivity index (χ0v) is 10.9. The van der Waals surface area contributed by atoms with Gasteiger partial charge in [-0.25, -0.2) is 0 Å². The van der Waals surface area contributed by atoms with E-state index in [1.54, 1.807) is 0 Å². The van der Waals surface area contributed by atoms with Crippen molar-refractivity contribution in [2.24, 2.45) is 0 Å². The average molecular weight is 251 g/mol. The molecule has 0 amide bonds. The fourth-order valence-electron chi connectivity index (χ4n) is 2.60. The molecule has 2 aromatic rings. The van der Waals surface area contributed by atoms with Crippen LogP contribution in [0, 0.1) is 0 Å². The Morgan fingerprint density at radius 3 is 2.79 bits per heavy atom. The molecule has 0 spiro atoms. The summed E-state index contributed by atoms with van der Waals surface area (Å²) in [5.74, 6) is 0.272. The Labute approximate surface area is 113 Å². The van der Waals surface area contributed by atoms with E-state index in [2.05, 4.69) is 23.2 Å². The molecule has 2 heteroatoms. The van der Waals surface area contributed by atoms with Crippen LogP contribution in [0.25, 0.3) is 10.9 Å². The monoisotopic (exact) mass is 251 g/mol. The van der Waals surface area contributed by atoms with Crippen molar-refractivity contribution in [3.63, 3.8) is 0 Å². The summed E-state index contributed by atoms with van der Waals surface area (Å²) in [5, 5.41) is 1.16. The molecule has 0 unspecified atom stereocenters. The van der Waals surface area contributed by atoms with E-state index in [0.29, 0.717) is 6.42 Å². The Bertz CT molecular complexity index is 643. The second kappa shape index (κ2) is 5.35. The Balaban J connectivity index is 1.86. The summed E-state index contributed by atoms with van der Waals surface area (Å²) in [6.07, 6.45) is 6.50. The molecule has 96 valence electrons. The number of carbonyl (C=O) groups is 1. The van der Waals surface area contributed by atoms with Crippen LogP contribution in [0.3, 0.4) is 0 Å². The number of pyridine rings is 1. The van der Waals surface area contributed by atoms with Crippen LogP contribution >= 0.6 is 0 Å². The predicted molar refractivity (Wildman–Crippen MR) is 77.0 cm³/mol. The molecule has 0 atom stereocenters. The fraction of sp³-hybridized carbons (Fsp3) is 0.294. The summed E-state index contributed by atoms with van der Waals surface area (Å²) in [6, 6.07) is 12.3. The van der Waals surface area contributed by atoms with Crippen LogP contribution in [-0.2, 0) is 11.2 Å². The Kier molecular flexibility index (Phi) is 3.41. The molecule has 0 fully saturated rings. The van der Waals surface area contributed by atoms with Crippen LogP contribution in [0.4, 0.5) is 0 Å². The van der Waals surface area contributed by atoms with Crippen LogP contribution in [0.5, 0.6) is 0 Å². The predicted octanol–water partition coefficient (Wildman–Crippen LogP) is 3.85. The number of allylic oxidation sites excluding steroid dienone is 2. The van der Waals surface area contributed by atoms with Crippen molar-refractivity contribution in [2.75, 3.05) is 0 Å². The third kappa shape index (κ3) is 2.90. The van der Waals surface area contributed by atoms with Crippen LogP contribution in [0.1, 0.15) is 31.4 Å². The molecule has 1 aliphatic carbocycles. The number of benzene rings is 1. The molecular formula is C17H17NO. The maximum atomic E-state index is 11.6. The molecule has 0 saturated heterocycles. The second-order valence-corrected chi connectivity index (χ2v) is 5.15. The largest absolute Gasteiger partial charge is 0.295 e. The van der Waals surface area contributed by atoms with E-state index in [4.69, 9.17) is 0 Å². The van der Waals surface area contributed by atoms with Crippen LogP contribution in [0.2, 0.25) is 0 Å². The van der Waals surface area contributed by atoms with Crippen molar-refractivity contribution in [1.29, 1.82) is 0 Å². The van der Waals surface area contributed by atoms with Crippen LogP contribution in [-0.4, -0.2) is 10.8 Å². The van der Waals surface area contributed by atoms with Gasteiger partial charge in [-0.3, -0.25) is 9.78 Å². The highest BCUT2D eigenvalue weighted by atomic mass is 16.1. The molecule has 2 nitrogen and oxygen atoms in total. The number of hydrogen-bond donors (Lipinski definition) is 0. The Morgan fingerprint density at radius 1 is 1.00 bits per heavy atom. The summed E-state index contributed by atoms with van der Waals surface area (Å²) in [4.78, 5) is 16.3. The fourth-order valence-corrected chi connectivity index (χ4v) is 2.60. The Hall–Kier alpha value is -1.96. The van der Waals surface area contributed by atoms with Crippen molar-refractivity contribution in [3.05, 3.63) is 53.7 Å². The molecule has 1 aromatic heterocycles. The molecule has 19 heavy (non-hydrogen) atoms. The normalized spacial score (nSPS) is 16.2. The number of fused-ring (bicyclic) bond motifs is 1. The number of ketones is 1. The smallest absolute Gasteiger partial charge is 0.155 e. The van der Waals surface area contributed by atoms with E-state index >= 15 is 0 Å². The van der Waals surface area contributed by atoms with Crippen molar-refractivity contribution >= 4 is 16.7 Å². The lowest BCUT2D eigenvalue weighted by atomic mass is 10.0. The van der Waals surface area contributed by atoms with Gasteiger partial charge in [0.2, 0.25) is 0 Å². The minimum absolute atomic E-state index is 0.272. The number of rotatable bonds is 2. The third-order valence-corrected chi connectivity index (χ3v) is 3.60. The minimum atomic E-state index is 0.272. The van der Waals surface area contributed by atoms with Gasteiger partial charge in [-0.15, -0.1) is 0 Å². The summed E-state index contributed by atoms with van der Waals surface area (Å²) in [7, 11) is 0. The molecule has 0 bridgehead atoms. The van der Waals surface area contributed by atoms with E-state index in [-0.39, 0.29) is 5.78 Å². The first kappa shape index (κ1) is 12.1. The summed E-state index contributed by atoms with van der Waals surface area (Å²) in [5.41, 5.74) is 3.31. The van der Waals surface area contributed by atoms with Crippen LogP contribution < -0.4 is 0 Å². The van der Waals surface area contributed by atoms with Gasteiger partial charge in [0.1, 0.15) is 0 Å². The van der Waals surface area contributed by atoms with E-state index in [1.165, 1.54) is 5.57 Å². The lowest BCUT2D eigenvalue weighted by Gasteiger charge is -2.06. The highest BCUT2D eigenvalue weighted by Gasteiger charge is 2.09. The van der Waals surface area contributed by atoms with Crippen molar-refractivity contribution < 1.29 is 4.79 Å². The molecule has 0 radical (unpaired) electrons. The van der Waals surface area contributed by atoms with Crippen molar-refractivity contribution in [3.8, 4) is 0 Å². The minimum Gasteiger partial charge on any atom is -0.295 e. The second-order valence-electron chi connectivity index (χ2n) is 5.15. The van der Waals surface area contributed by atoms with Gasteiger partial charge < -0.3 is 0 Å². The number of para-hydroxylation sites is 1. The van der Waals surface area contributed by atoms with E-state index in [1.807, 2.05) is 24.3 Å². The summed E-state index contributed by atoms with van der Waals surface area (Å²) >= 11 is 0. The van der Waals surface area contributed by atoms with Gasteiger partial charge in [-0.1, -0.05) is 29.8 Å². The molecular weight excluding hydrogens is 234 g/mol. The van der Waals surface area contributed by atoms with Crippen molar-refractivity contribution in [1.82, 2.24) is 4.98 Å². The standard InChI is InChI=1S/C17H17NO/c19-16-7-3-1-5-13(12-16)11-15-10-9-14-6-2-4-8-17(14)18-15/h2,4,6,8-10,12H,1,3,5,7,11H2. The number of nitrogens with zero attached hydrogens (tertiary/aromatic N) is 1. The van der Waals surface area contributed by atoms with Gasteiger partial charge in [0.15, 0.2) is 5.78 Å². The van der Waals surface area contributed by atoms with Gasteiger partial charge in [-0.05, 0) is 37.5 Å². The quantitative estimate of drug-likeness (QED) is 0.811. The zero-order valence-electron chi connectivity index (χ0n) is 10.9. The maximum Gasteiger partial charge on any atom is 0.155 e. The molecule has 1 heterocycles. The summed E-state index contributed by atoms with van der Waals surface area (Å²) in [6.45, 7) is 0. The lowest BCUT2D eigenvalue weighted by Crippen LogP contribution is -1.96. The van der Waals surface area contributed by atoms with E-state index in [0.717, 1.165) is 42.3 Å². The van der Waals surface area contributed by atoms with Crippen molar-refractivity contribution in [2.45, 2.75) is 32.1 Å². The summed E-state index contributed by atoms with van der Waals surface area (Å²) < 4.78 is 0. The first-order chi connectivity index (χ1) is 9.31. The van der Waals surface area contributed by atoms with Gasteiger partial charge in [-0.2, -0.15) is 0 Å². The van der Waals surface area contributed by atoms with Gasteiger partial charge in [0.05, 0.1) is 5.52 Å². The van der Waals surface area contributed by atoms with Gasteiger partial charge >= 0.3 is 0 Å². The molecule has 0 saturated carbocycles. The molecule has 0 N–H and O–H groups in total. The first-order valence-corrected chi connectivity index (χ1v) is 6.88. The number of hydrogen-bond acceptors (Lipinski definition) is 2. The van der Waals surface area contributed by atoms with Gasteiger partial charge in [0.25, 0.3) is 0 Å². The van der Waals surface area contributed by atoms with E-state index in [9.17, 15) is 4.79 Å². The molecule has 1 aromatic carbocycles. The molecule has 3 rings (SSSR count).